The number of carbonyl (C=O) groups excluding carboxylic acids is 6. The Kier molecular flexibility index (Phi) is 12.5. The number of Topliss-reactive ketones (excluding diaryl/α,β-unsaturated/α-hetero) is 1. The van der Waals surface area contributed by atoms with Crippen LogP contribution >= 0.6 is 0 Å². The van der Waals surface area contributed by atoms with Crippen LogP contribution in [0.2, 0.25) is 0 Å². The highest BCUT2D eigenvalue weighted by molar-refractivity contribution is 5.97. The van der Waals surface area contributed by atoms with Crippen molar-refractivity contribution in [3.05, 3.63) is 13.1 Å². The SMILES string of the molecule is CNC(C(=O)N[CH]C(=O)NC(C(=O)NC(C)C(=O)N1CCCC1C(=O)N[CH]C(C)=O)C(C)C)C(C)C. The molecule has 1 heterocycles. The van der Waals surface area contributed by atoms with Gasteiger partial charge in [0.2, 0.25) is 29.5 Å². The van der Waals surface area contributed by atoms with E-state index in [1.807, 2.05) is 13.8 Å². The second-order valence-electron chi connectivity index (χ2n) is 9.58. The quantitative estimate of drug-likeness (QED) is 0.213. The summed E-state index contributed by atoms with van der Waals surface area (Å²) in [6.45, 7) is 12.4. The molecule has 1 rings (SSSR count). The van der Waals surface area contributed by atoms with Gasteiger partial charge in [-0.25, -0.2) is 0 Å². The molecule has 2 radical (unpaired) electrons. The maximum Gasteiger partial charge on any atom is 0.245 e. The number of rotatable bonds is 13. The molecule has 12 heteroatoms. The van der Waals surface area contributed by atoms with Crippen LogP contribution in [-0.2, 0) is 28.8 Å². The van der Waals surface area contributed by atoms with Crippen molar-refractivity contribution in [3.8, 4) is 0 Å². The van der Waals surface area contributed by atoms with Gasteiger partial charge in [-0.3, -0.25) is 28.8 Å². The standard InChI is InChI=1S/C24H40N6O6/c1-13(2)19(25-7)22(34)27-12-18(32)29-20(14(3)4)23(35)28-16(6)24(36)30-10-8-9-17(30)21(33)26-11-15(5)31/h11-14,16-17,19-20,25H,8-10H2,1-7H3,(H,26,33)(H,27,34)(H,28,35)(H,29,32). The zero-order chi connectivity index (χ0) is 27.6. The number of carbonyl (C=O) groups is 6. The lowest BCUT2D eigenvalue weighted by Gasteiger charge is -2.28. The molecule has 4 atom stereocenters. The molecular formula is C24H40N6O6. The molecule has 1 aliphatic heterocycles. The third-order valence-corrected chi connectivity index (χ3v) is 5.84. The fourth-order valence-corrected chi connectivity index (χ4v) is 3.91. The van der Waals surface area contributed by atoms with E-state index in [0.29, 0.717) is 19.4 Å². The fraction of sp³-hybridized carbons (Fsp3) is 0.667. The zero-order valence-corrected chi connectivity index (χ0v) is 22.1. The van der Waals surface area contributed by atoms with Crippen LogP contribution in [0.4, 0.5) is 0 Å². The average Bonchev–Trinajstić information content (AvgIpc) is 3.28. The monoisotopic (exact) mass is 508 g/mol. The van der Waals surface area contributed by atoms with Crippen LogP contribution < -0.4 is 26.6 Å². The molecule has 4 unspecified atom stereocenters. The third kappa shape index (κ3) is 9.21. The van der Waals surface area contributed by atoms with E-state index >= 15 is 0 Å². The van der Waals surface area contributed by atoms with Crippen molar-refractivity contribution in [1.82, 2.24) is 31.5 Å². The van der Waals surface area contributed by atoms with Gasteiger partial charge in [0.15, 0.2) is 5.78 Å². The minimum atomic E-state index is -0.964. The van der Waals surface area contributed by atoms with E-state index in [9.17, 15) is 28.8 Å². The summed E-state index contributed by atoms with van der Waals surface area (Å²) in [5.74, 6) is -3.13. The predicted octanol–water partition coefficient (Wildman–Crippen LogP) is -0.988. The first-order valence-corrected chi connectivity index (χ1v) is 12.2. The van der Waals surface area contributed by atoms with E-state index in [2.05, 4.69) is 26.6 Å². The van der Waals surface area contributed by atoms with E-state index in [0.717, 1.165) is 13.1 Å². The summed E-state index contributed by atoms with van der Waals surface area (Å²) >= 11 is 0. The smallest absolute Gasteiger partial charge is 0.245 e. The van der Waals surface area contributed by atoms with Crippen molar-refractivity contribution < 1.29 is 28.8 Å². The largest absolute Gasteiger partial charge is 0.343 e. The molecule has 1 saturated heterocycles. The molecule has 0 saturated carbocycles. The van der Waals surface area contributed by atoms with Crippen molar-refractivity contribution >= 4 is 35.3 Å². The van der Waals surface area contributed by atoms with Gasteiger partial charge in [0.25, 0.3) is 0 Å². The van der Waals surface area contributed by atoms with Crippen LogP contribution in [0, 0.1) is 24.9 Å². The lowest BCUT2D eigenvalue weighted by atomic mass is 10.0. The summed E-state index contributed by atoms with van der Waals surface area (Å²) in [5.41, 5.74) is 0. The highest BCUT2D eigenvalue weighted by Crippen LogP contribution is 2.19. The minimum Gasteiger partial charge on any atom is -0.343 e. The summed E-state index contributed by atoms with van der Waals surface area (Å²) in [5, 5.41) is 12.9. The van der Waals surface area contributed by atoms with Gasteiger partial charge >= 0.3 is 0 Å². The van der Waals surface area contributed by atoms with Crippen molar-refractivity contribution in [2.24, 2.45) is 11.8 Å². The summed E-state index contributed by atoms with van der Waals surface area (Å²) in [6.07, 6.45) is 1.06. The number of nitrogens with zero attached hydrogens (tertiary/aromatic N) is 1. The van der Waals surface area contributed by atoms with Crippen molar-refractivity contribution in [2.45, 2.75) is 78.6 Å². The van der Waals surface area contributed by atoms with Gasteiger partial charge in [0.05, 0.1) is 6.04 Å². The topological polar surface area (TPSA) is 166 Å². The van der Waals surface area contributed by atoms with Gasteiger partial charge in [-0.05, 0) is 45.6 Å². The highest BCUT2D eigenvalue weighted by Gasteiger charge is 2.37. The highest BCUT2D eigenvalue weighted by atomic mass is 16.2. The lowest BCUT2D eigenvalue weighted by molar-refractivity contribution is -0.141. The Bertz CT molecular complexity index is 830. The van der Waals surface area contributed by atoms with Crippen molar-refractivity contribution in [2.75, 3.05) is 13.6 Å². The second kappa shape index (κ2) is 14.5. The second-order valence-corrected chi connectivity index (χ2v) is 9.58. The zero-order valence-electron chi connectivity index (χ0n) is 22.1. The van der Waals surface area contributed by atoms with E-state index in [-0.39, 0.29) is 23.5 Å². The first-order valence-electron chi connectivity index (χ1n) is 12.2. The number of likely N-dealkylation sites (tertiary alicyclic amines) is 1. The molecule has 0 bridgehead atoms. The van der Waals surface area contributed by atoms with Crippen LogP contribution in [-0.4, -0.2) is 78.0 Å². The van der Waals surface area contributed by atoms with Gasteiger partial charge in [-0.15, -0.1) is 0 Å². The van der Waals surface area contributed by atoms with Gasteiger partial charge in [-0.1, -0.05) is 27.7 Å². The Morgan fingerprint density at radius 2 is 1.44 bits per heavy atom. The molecule has 1 aliphatic rings. The molecule has 5 N–H and O–H groups in total. The minimum absolute atomic E-state index is 0.00761. The Labute approximate surface area is 213 Å². The van der Waals surface area contributed by atoms with Gasteiger partial charge in [0.1, 0.15) is 31.2 Å². The normalized spacial score (nSPS) is 17.8. The summed E-state index contributed by atoms with van der Waals surface area (Å²) in [7, 11) is 1.65. The third-order valence-electron chi connectivity index (χ3n) is 5.84. The summed E-state index contributed by atoms with van der Waals surface area (Å²) in [4.78, 5) is 75.3. The van der Waals surface area contributed by atoms with Crippen molar-refractivity contribution in [3.63, 3.8) is 0 Å². The molecule has 0 aromatic heterocycles. The van der Waals surface area contributed by atoms with Crippen LogP contribution in [0.1, 0.15) is 54.4 Å². The summed E-state index contributed by atoms with van der Waals surface area (Å²) < 4.78 is 0. The predicted molar refractivity (Wildman–Crippen MR) is 132 cm³/mol. The number of hydrogen-bond acceptors (Lipinski definition) is 7. The van der Waals surface area contributed by atoms with Crippen molar-refractivity contribution in [1.29, 1.82) is 0 Å². The first-order chi connectivity index (χ1) is 16.8. The van der Waals surface area contributed by atoms with Gasteiger partial charge in [0, 0.05) is 6.54 Å². The van der Waals surface area contributed by atoms with Crippen LogP contribution in [0.5, 0.6) is 0 Å². The molecule has 36 heavy (non-hydrogen) atoms. The number of ketones is 1. The molecule has 202 valence electrons. The summed E-state index contributed by atoms with van der Waals surface area (Å²) in [6, 6.07) is -3.14. The Morgan fingerprint density at radius 1 is 0.833 bits per heavy atom. The van der Waals surface area contributed by atoms with Crippen LogP contribution in [0.25, 0.3) is 0 Å². The molecule has 12 nitrogen and oxygen atoms in total. The Balaban J connectivity index is 2.71. The number of nitrogens with one attached hydrogen (secondary N) is 5. The van der Waals surface area contributed by atoms with E-state index in [1.165, 1.54) is 18.7 Å². The molecule has 0 aromatic rings. The van der Waals surface area contributed by atoms with E-state index in [1.54, 1.807) is 20.9 Å². The van der Waals surface area contributed by atoms with Gasteiger partial charge in [-0.2, -0.15) is 0 Å². The Morgan fingerprint density at radius 3 is 1.97 bits per heavy atom. The first kappa shape index (κ1) is 31.0. The maximum absolute atomic E-state index is 13.0. The number of likely N-dealkylation sites (N-methyl/N-ethyl adjacent to an activating group) is 1. The Hall–Kier alpha value is -3.02. The maximum atomic E-state index is 13.0. The number of hydrogen-bond donors (Lipinski definition) is 5. The molecule has 5 amide bonds. The van der Waals surface area contributed by atoms with E-state index < -0.39 is 47.8 Å². The molecular weight excluding hydrogens is 468 g/mol. The van der Waals surface area contributed by atoms with E-state index in [4.69, 9.17) is 0 Å². The average molecular weight is 509 g/mol. The number of amides is 5. The van der Waals surface area contributed by atoms with Crippen LogP contribution in [0.3, 0.4) is 0 Å². The molecule has 0 aliphatic carbocycles. The van der Waals surface area contributed by atoms with Gasteiger partial charge < -0.3 is 31.5 Å². The fourth-order valence-electron chi connectivity index (χ4n) is 3.91. The molecule has 0 spiro atoms. The molecule has 0 aromatic carbocycles. The molecule has 1 fully saturated rings. The van der Waals surface area contributed by atoms with Crippen LogP contribution in [0.15, 0.2) is 0 Å². The lowest BCUT2D eigenvalue weighted by Crippen LogP contribution is -2.57.